The van der Waals surface area contributed by atoms with Crippen LogP contribution in [0.15, 0.2) is 60.7 Å². The second-order valence-corrected chi connectivity index (χ2v) is 5.60. The van der Waals surface area contributed by atoms with E-state index in [0.29, 0.717) is 18.7 Å². The van der Waals surface area contributed by atoms with Gasteiger partial charge in [-0.15, -0.1) is 0 Å². The monoisotopic (exact) mass is 316 g/mol. The van der Waals surface area contributed by atoms with Gasteiger partial charge in [0.25, 0.3) is 5.91 Å². The number of nitrogens with zero attached hydrogens (tertiary/aromatic N) is 2. The van der Waals surface area contributed by atoms with Crippen molar-refractivity contribution < 1.29 is 4.79 Å². The fraction of sp³-hybridized carbons (Fsp3) is 0.105. The predicted octanol–water partition coefficient (Wildman–Crippen LogP) is 3.08. The van der Waals surface area contributed by atoms with Gasteiger partial charge in [-0.2, -0.15) is 0 Å². The maximum Gasteiger partial charge on any atom is 0.269 e. The van der Waals surface area contributed by atoms with Gasteiger partial charge in [0.1, 0.15) is 11.5 Å². The van der Waals surface area contributed by atoms with Gasteiger partial charge in [0.05, 0.1) is 16.6 Å². The van der Waals surface area contributed by atoms with Crippen molar-refractivity contribution in [2.45, 2.75) is 6.42 Å². The molecular weight excluding hydrogens is 300 g/mol. The van der Waals surface area contributed by atoms with Crippen LogP contribution in [-0.4, -0.2) is 27.4 Å². The molecule has 1 amide bonds. The van der Waals surface area contributed by atoms with Crippen molar-refractivity contribution in [3.63, 3.8) is 0 Å². The Bertz CT molecular complexity index is 989. The first-order chi connectivity index (χ1) is 11.8. The number of carbonyl (C=O) groups is 1. The summed E-state index contributed by atoms with van der Waals surface area (Å²) in [5, 5.41) is 3.92. The lowest BCUT2D eigenvalue weighted by molar-refractivity contribution is 0.0949. The fourth-order valence-electron chi connectivity index (χ4n) is 2.70. The Hall–Kier alpha value is -3.21. The van der Waals surface area contributed by atoms with Crippen LogP contribution in [0.2, 0.25) is 0 Å². The molecule has 0 fully saturated rings. The number of para-hydroxylation sites is 3. The highest BCUT2D eigenvalue weighted by Crippen LogP contribution is 2.12. The summed E-state index contributed by atoms with van der Waals surface area (Å²) in [6, 6.07) is 19.3. The van der Waals surface area contributed by atoms with Crippen LogP contribution < -0.4 is 5.32 Å². The molecule has 4 aromatic rings. The lowest BCUT2D eigenvalue weighted by Crippen LogP contribution is -2.26. The molecule has 2 N–H and O–H groups in total. The summed E-state index contributed by atoms with van der Waals surface area (Å²) < 4.78 is 0. The molecule has 0 saturated carbocycles. The second-order valence-electron chi connectivity index (χ2n) is 5.60. The molecule has 2 aromatic heterocycles. The lowest BCUT2D eigenvalue weighted by Gasteiger charge is -2.04. The fourth-order valence-corrected chi connectivity index (χ4v) is 2.70. The average molecular weight is 316 g/mol. The summed E-state index contributed by atoms with van der Waals surface area (Å²) in [6.45, 7) is 0.507. The van der Waals surface area contributed by atoms with Crippen LogP contribution in [0.3, 0.4) is 0 Å². The SMILES string of the molecule is O=C(NCCc1nc2ccccc2[nH]1)c1ccc2ccccc2n1. The zero-order valence-corrected chi connectivity index (χ0v) is 13.0. The minimum Gasteiger partial charge on any atom is -0.350 e. The van der Waals surface area contributed by atoms with E-state index in [1.165, 1.54) is 0 Å². The lowest BCUT2D eigenvalue weighted by atomic mass is 10.2. The first-order valence-electron chi connectivity index (χ1n) is 7.87. The minimum absolute atomic E-state index is 0.170. The normalized spacial score (nSPS) is 11.0. The Morgan fingerprint density at radius 2 is 1.71 bits per heavy atom. The van der Waals surface area contributed by atoms with Crippen LogP contribution >= 0.6 is 0 Å². The van der Waals surface area contributed by atoms with E-state index in [4.69, 9.17) is 0 Å². The number of aromatic nitrogens is 3. The molecule has 0 aliphatic carbocycles. The number of carbonyl (C=O) groups excluding carboxylic acids is 1. The molecule has 2 heterocycles. The largest absolute Gasteiger partial charge is 0.350 e. The maximum atomic E-state index is 12.2. The topological polar surface area (TPSA) is 70.7 Å². The first kappa shape index (κ1) is 14.4. The smallest absolute Gasteiger partial charge is 0.269 e. The second kappa shape index (κ2) is 6.12. The number of H-pyrrole nitrogens is 1. The van der Waals surface area contributed by atoms with Gasteiger partial charge < -0.3 is 10.3 Å². The van der Waals surface area contributed by atoms with Gasteiger partial charge in [-0.25, -0.2) is 9.97 Å². The molecule has 0 atom stereocenters. The maximum absolute atomic E-state index is 12.2. The third-order valence-electron chi connectivity index (χ3n) is 3.92. The molecule has 118 valence electrons. The van der Waals surface area contributed by atoms with Gasteiger partial charge >= 0.3 is 0 Å². The molecule has 0 saturated heterocycles. The van der Waals surface area contributed by atoms with Crippen LogP contribution in [0.25, 0.3) is 21.9 Å². The molecular formula is C19H16N4O. The predicted molar refractivity (Wildman–Crippen MR) is 93.9 cm³/mol. The molecule has 0 bridgehead atoms. The van der Waals surface area contributed by atoms with E-state index in [1.807, 2.05) is 54.6 Å². The van der Waals surface area contributed by atoms with E-state index >= 15 is 0 Å². The Morgan fingerprint density at radius 1 is 0.917 bits per heavy atom. The Kier molecular flexibility index (Phi) is 3.67. The number of rotatable bonds is 4. The van der Waals surface area contributed by atoms with E-state index in [9.17, 15) is 4.79 Å². The van der Waals surface area contributed by atoms with Gasteiger partial charge in [-0.1, -0.05) is 36.4 Å². The zero-order chi connectivity index (χ0) is 16.4. The molecule has 0 radical (unpaired) electrons. The van der Waals surface area contributed by atoms with E-state index in [2.05, 4.69) is 20.3 Å². The standard InChI is InChI=1S/C19H16N4O/c24-19(17-10-9-13-5-1-2-6-14(13)21-17)20-12-11-18-22-15-7-3-4-8-16(15)23-18/h1-10H,11-12H2,(H,20,24)(H,22,23). The van der Waals surface area contributed by atoms with Crippen molar-refractivity contribution in [2.24, 2.45) is 0 Å². The number of amides is 1. The number of imidazole rings is 1. The molecule has 0 unspecified atom stereocenters. The van der Waals surface area contributed by atoms with E-state index < -0.39 is 0 Å². The molecule has 0 aliphatic rings. The molecule has 4 rings (SSSR count). The van der Waals surface area contributed by atoms with E-state index in [-0.39, 0.29) is 5.91 Å². The third-order valence-corrected chi connectivity index (χ3v) is 3.92. The summed E-state index contributed by atoms with van der Waals surface area (Å²) in [7, 11) is 0. The van der Waals surface area contributed by atoms with Crippen LogP contribution in [0.1, 0.15) is 16.3 Å². The summed E-state index contributed by atoms with van der Waals surface area (Å²) in [5.74, 6) is 0.694. The Morgan fingerprint density at radius 3 is 2.58 bits per heavy atom. The molecule has 5 heteroatoms. The van der Waals surface area contributed by atoms with Gasteiger partial charge in [-0.05, 0) is 24.3 Å². The highest BCUT2D eigenvalue weighted by Gasteiger charge is 2.08. The highest BCUT2D eigenvalue weighted by atomic mass is 16.1. The van der Waals surface area contributed by atoms with Crippen molar-refractivity contribution in [2.75, 3.05) is 6.54 Å². The minimum atomic E-state index is -0.170. The summed E-state index contributed by atoms with van der Waals surface area (Å²) in [4.78, 5) is 24.4. The molecule has 0 spiro atoms. The van der Waals surface area contributed by atoms with Crippen LogP contribution in [0.4, 0.5) is 0 Å². The van der Waals surface area contributed by atoms with Crippen LogP contribution in [0, 0.1) is 0 Å². The summed E-state index contributed by atoms with van der Waals surface area (Å²) in [5.41, 5.74) is 3.20. The number of nitrogens with one attached hydrogen (secondary N) is 2. The molecule has 5 nitrogen and oxygen atoms in total. The van der Waals surface area contributed by atoms with Gasteiger partial charge in [0.2, 0.25) is 0 Å². The first-order valence-corrected chi connectivity index (χ1v) is 7.87. The number of fused-ring (bicyclic) bond motifs is 2. The van der Waals surface area contributed by atoms with Gasteiger partial charge in [0.15, 0.2) is 0 Å². The Labute approximate surface area is 138 Å². The number of aromatic amines is 1. The number of hydrogen-bond donors (Lipinski definition) is 2. The van der Waals surface area contributed by atoms with Crippen molar-refractivity contribution in [1.82, 2.24) is 20.3 Å². The quantitative estimate of drug-likeness (QED) is 0.608. The molecule has 2 aromatic carbocycles. The Balaban J connectivity index is 1.41. The van der Waals surface area contributed by atoms with E-state index in [0.717, 1.165) is 27.8 Å². The molecule has 0 aliphatic heterocycles. The third kappa shape index (κ3) is 2.84. The van der Waals surface area contributed by atoms with Gasteiger partial charge in [0, 0.05) is 18.4 Å². The number of pyridine rings is 1. The average Bonchev–Trinajstić information content (AvgIpc) is 3.04. The summed E-state index contributed by atoms with van der Waals surface area (Å²) >= 11 is 0. The summed E-state index contributed by atoms with van der Waals surface area (Å²) in [6.07, 6.45) is 0.647. The molecule has 24 heavy (non-hydrogen) atoms. The van der Waals surface area contributed by atoms with Crippen molar-refractivity contribution >= 4 is 27.8 Å². The van der Waals surface area contributed by atoms with Crippen molar-refractivity contribution in [1.29, 1.82) is 0 Å². The highest BCUT2D eigenvalue weighted by molar-refractivity contribution is 5.94. The van der Waals surface area contributed by atoms with Crippen molar-refractivity contribution in [3.05, 3.63) is 72.2 Å². The zero-order valence-electron chi connectivity index (χ0n) is 13.0. The number of hydrogen-bond acceptors (Lipinski definition) is 3. The van der Waals surface area contributed by atoms with Gasteiger partial charge in [-0.3, -0.25) is 4.79 Å². The number of benzene rings is 2. The van der Waals surface area contributed by atoms with E-state index in [1.54, 1.807) is 6.07 Å². The van der Waals surface area contributed by atoms with Crippen LogP contribution in [-0.2, 0) is 6.42 Å². The van der Waals surface area contributed by atoms with Crippen LogP contribution in [0.5, 0.6) is 0 Å². The van der Waals surface area contributed by atoms with Crippen molar-refractivity contribution in [3.8, 4) is 0 Å².